The number of aliphatic imine (C=N–C) groups is 1. The summed E-state index contributed by atoms with van der Waals surface area (Å²) in [6, 6.07) is 17.9. The molecule has 0 spiro atoms. The van der Waals surface area contributed by atoms with E-state index in [2.05, 4.69) is 52.5 Å². The van der Waals surface area contributed by atoms with Gasteiger partial charge in [0.2, 0.25) is 0 Å². The van der Waals surface area contributed by atoms with Gasteiger partial charge in [-0.3, -0.25) is 4.99 Å². The van der Waals surface area contributed by atoms with Crippen LogP contribution in [0.15, 0.2) is 64.5 Å². The molecule has 0 amide bonds. The Morgan fingerprint density at radius 2 is 1.83 bits per heavy atom. The second-order valence-corrected chi connectivity index (χ2v) is 9.88. The van der Waals surface area contributed by atoms with E-state index in [0.29, 0.717) is 16.7 Å². The zero-order valence-electron chi connectivity index (χ0n) is 17.5. The number of nitrogens with zero attached hydrogens (tertiary/aromatic N) is 2. The first kappa shape index (κ1) is 21.4. The number of guanidine groups is 1. The summed E-state index contributed by atoms with van der Waals surface area (Å²) in [4.78, 5) is 7.18. The van der Waals surface area contributed by atoms with Crippen molar-refractivity contribution in [2.24, 2.45) is 10.9 Å². The third-order valence-electron chi connectivity index (χ3n) is 5.69. The van der Waals surface area contributed by atoms with Crippen molar-refractivity contribution in [3.8, 4) is 0 Å². The Morgan fingerprint density at radius 3 is 2.41 bits per heavy atom. The van der Waals surface area contributed by atoms with Crippen LogP contribution in [0.2, 0.25) is 0 Å². The molecule has 156 valence electrons. The van der Waals surface area contributed by atoms with E-state index in [-0.39, 0.29) is 0 Å². The van der Waals surface area contributed by atoms with E-state index >= 15 is 0 Å². The zero-order chi connectivity index (χ0) is 20.9. The van der Waals surface area contributed by atoms with Crippen molar-refractivity contribution in [1.82, 2.24) is 10.2 Å². The van der Waals surface area contributed by atoms with E-state index in [0.717, 1.165) is 44.0 Å². The van der Waals surface area contributed by atoms with Gasteiger partial charge in [-0.25, -0.2) is 8.42 Å². The van der Waals surface area contributed by atoms with E-state index in [1.54, 1.807) is 12.1 Å². The summed E-state index contributed by atoms with van der Waals surface area (Å²) in [5.74, 6) is 2.10. The van der Waals surface area contributed by atoms with E-state index < -0.39 is 9.84 Å². The molecule has 1 aliphatic rings. The minimum Gasteiger partial charge on any atom is -0.356 e. The van der Waals surface area contributed by atoms with Gasteiger partial charge in [-0.1, -0.05) is 49.4 Å². The monoisotopic (exact) mass is 413 g/mol. The molecule has 2 atom stereocenters. The SMILES string of the molecule is CN=C(NCCc1ccc(S(C)(=O)=O)cc1)N1CCC(c2ccccc2)C(C)C1. The number of hydrogen-bond acceptors (Lipinski definition) is 3. The highest BCUT2D eigenvalue weighted by Gasteiger charge is 2.28. The molecule has 1 aliphatic heterocycles. The first-order chi connectivity index (χ1) is 13.9. The Kier molecular flexibility index (Phi) is 6.96. The minimum absolute atomic E-state index is 0.361. The van der Waals surface area contributed by atoms with Crippen LogP contribution in [0.3, 0.4) is 0 Å². The fraction of sp³-hybridized carbons (Fsp3) is 0.435. The molecule has 1 N–H and O–H groups in total. The summed E-state index contributed by atoms with van der Waals surface area (Å²) in [6.45, 7) is 5.06. The Labute approximate surface area is 174 Å². The molecule has 2 unspecified atom stereocenters. The average Bonchev–Trinajstić information content (AvgIpc) is 2.71. The number of sulfone groups is 1. The highest BCUT2D eigenvalue weighted by Crippen LogP contribution is 2.32. The molecular formula is C23H31N3O2S. The van der Waals surface area contributed by atoms with Gasteiger partial charge in [0.15, 0.2) is 15.8 Å². The Hall–Kier alpha value is -2.34. The van der Waals surface area contributed by atoms with Gasteiger partial charge in [-0.05, 0) is 47.9 Å². The normalized spacial score (nSPS) is 20.5. The van der Waals surface area contributed by atoms with Gasteiger partial charge >= 0.3 is 0 Å². The third kappa shape index (κ3) is 5.60. The van der Waals surface area contributed by atoms with Crippen molar-refractivity contribution in [3.05, 3.63) is 65.7 Å². The molecule has 2 aromatic rings. The molecule has 3 rings (SSSR count). The fourth-order valence-electron chi connectivity index (χ4n) is 4.09. The van der Waals surface area contributed by atoms with Crippen LogP contribution >= 0.6 is 0 Å². The topological polar surface area (TPSA) is 61.8 Å². The van der Waals surface area contributed by atoms with E-state index in [9.17, 15) is 8.42 Å². The summed E-state index contributed by atoms with van der Waals surface area (Å²) < 4.78 is 23.1. The molecule has 0 radical (unpaired) electrons. The minimum atomic E-state index is -3.14. The van der Waals surface area contributed by atoms with E-state index in [1.807, 2.05) is 19.2 Å². The number of benzene rings is 2. The van der Waals surface area contributed by atoms with Crippen LogP contribution < -0.4 is 5.32 Å². The quantitative estimate of drug-likeness (QED) is 0.603. The van der Waals surface area contributed by atoms with Crippen molar-refractivity contribution >= 4 is 15.8 Å². The lowest BCUT2D eigenvalue weighted by molar-refractivity contribution is 0.234. The summed E-state index contributed by atoms with van der Waals surface area (Å²) in [5, 5.41) is 3.47. The fourth-order valence-corrected chi connectivity index (χ4v) is 4.72. The van der Waals surface area contributed by atoms with Crippen molar-refractivity contribution < 1.29 is 8.42 Å². The number of piperidine rings is 1. The molecule has 1 fully saturated rings. The van der Waals surface area contributed by atoms with Gasteiger partial charge < -0.3 is 10.2 Å². The largest absolute Gasteiger partial charge is 0.356 e. The maximum atomic E-state index is 11.6. The smallest absolute Gasteiger partial charge is 0.193 e. The van der Waals surface area contributed by atoms with Crippen molar-refractivity contribution in [1.29, 1.82) is 0 Å². The van der Waals surface area contributed by atoms with Crippen molar-refractivity contribution in [2.75, 3.05) is 32.9 Å². The van der Waals surface area contributed by atoms with Gasteiger partial charge in [0.25, 0.3) is 0 Å². The molecule has 1 heterocycles. The molecule has 29 heavy (non-hydrogen) atoms. The second-order valence-electron chi connectivity index (χ2n) is 7.87. The van der Waals surface area contributed by atoms with Crippen LogP contribution in [-0.4, -0.2) is 52.2 Å². The molecule has 2 aromatic carbocycles. The van der Waals surface area contributed by atoms with Gasteiger partial charge in [0.1, 0.15) is 0 Å². The number of nitrogens with one attached hydrogen (secondary N) is 1. The molecule has 1 saturated heterocycles. The standard InChI is InChI=1S/C23H31N3O2S/c1-18-17-26(16-14-22(18)20-7-5-4-6-8-20)23(24-2)25-15-13-19-9-11-21(12-10-19)29(3,27)28/h4-12,18,22H,13-17H2,1-3H3,(H,24,25). The van der Waals surface area contributed by atoms with E-state index in [1.165, 1.54) is 11.8 Å². The third-order valence-corrected chi connectivity index (χ3v) is 6.82. The molecular weight excluding hydrogens is 382 g/mol. The first-order valence-corrected chi connectivity index (χ1v) is 12.1. The Bertz CT molecular complexity index is 924. The zero-order valence-corrected chi connectivity index (χ0v) is 18.3. The van der Waals surface area contributed by atoms with Crippen LogP contribution in [0.25, 0.3) is 0 Å². The summed E-state index contributed by atoms with van der Waals surface area (Å²) in [5.41, 5.74) is 2.54. The lowest BCUT2D eigenvalue weighted by Crippen LogP contribution is -2.48. The highest BCUT2D eigenvalue weighted by molar-refractivity contribution is 7.90. The van der Waals surface area contributed by atoms with E-state index in [4.69, 9.17) is 0 Å². The molecule has 0 saturated carbocycles. The molecule has 6 heteroatoms. The number of hydrogen-bond donors (Lipinski definition) is 1. The van der Waals surface area contributed by atoms with Gasteiger partial charge in [0.05, 0.1) is 4.90 Å². The van der Waals surface area contributed by atoms with Gasteiger partial charge in [-0.2, -0.15) is 0 Å². The summed E-state index contributed by atoms with van der Waals surface area (Å²) in [7, 11) is -1.31. The molecule has 5 nitrogen and oxygen atoms in total. The first-order valence-electron chi connectivity index (χ1n) is 10.2. The van der Waals surface area contributed by atoms with Crippen LogP contribution in [0.1, 0.15) is 30.4 Å². The van der Waals surface area contributed by atoms with Gasteiger partial charge in [-0.15, -0.1) is 0 Å². The maximum absolute atomic E-state index is 11.6. The molecule has 0 aromatic heterocycles. The summed E-state index contributed by atoms with van der Waals surface area (Å²) in [6.07, 6.45) is 3.17. The lowest BCUT2D eigenvalue weighted by atomic mass is 9.82. The molecule has 0 bridgehead atoms. The number of rotatable bonds is 5. The average molecular weight is 414 g/mol. The van der Waals surface area contributed by atoms with Crippen LogP contribution in [0.5, 0.6) is 0 Å². The predicted octanol–water partition coefficient (Wildman–Crippen LogP) is 3.33. The van der Waals surface area contributed by atoms with Crippen LogP contribution in [0, 0.1) is 5.92 Å². The second kappa shape index (κ2) is 9.44. The lowest BCUT2D eigenvalue weighted by Gasteiger charge is -2.39. The van der Waals surface area contributed by atoms with Gasteiger partial charge in [0, 0.05) is 32.9 Å². The maximum Gasteiger partial charge on any atom is 0.193 e. The predicted molar refractivity (Wildman–Crippen MR) is 119 cm³/mol. The van der Waals surface area contributed by atoms with Crippen LogP contribution in [0.4, 0.5) is 0 Å². The Balaban J connectivity index is 1.52. The van der Waals surface area contributed by atoms with Crippen molar-refractivity contribution in [3.63, 3.8) is 0 Å². The van der Waals surface area contributed by atoms with Crippen molar-refractivity contribution in [2.45, 2.75) is 30.6 Å². The van der Waals surface area contributed by atoms with Crippen LogP contribution in [-0.2, 0) is 16.3 Å². The summed E-state index contributed by atoms with van der Waals surface area (Å²) >= 11 is 0. The number of likely N-dealkylation sites (tertiary alicyclic amines) is 1. The Morgan fingerprint density at radius 1 is 1.14 bits per heavy atom. The molecule has 0 aliphatic carbocycles. The highest BCUT2D eigenvalue weighted by atomic mass is 32.2.